The van der Waals surface area contributed by atoms with Crippen LogP contribution in [0.15, 0.2) is 39.7 Å². The van der Waals surface area contributed by atoms with Crippen LogP contribution in [0.4, 0.5) is 4.79 Å². The number of fused-ring (bicyclic) bond motifs is 1. The molecule has 0 saturated carbocycles. The number of nitrogens with zero attached hydrogens (tertiary/aromatic N) is 4. The number of aromatic nitrogens is 2. The molecule has 0 spiro atoms. The minimum absolute atomic E-state index is 0.122. The van der Waals surface area contributed by atoms with Gasteiger partial charge >= 0.3 is 6.09 Å². The third kappa shape index (κ3) is 5.49. The van der Waals surface area contributed by atoms with Gasteiger partial charge in [0, 0.05) is 53.6 Å². The van der Waals surface area contributed by atoms with Crippen LogP contribution in [-0.4, -0.2) is 75.0 Å². The summed E-state index contributed by atoms with van der Waals surface area (Å²) in [7, 11) is 0. The number of likely N-dealkylation sites (tertiary alicyclic amines) is 1. The molecule has 5 heterocycles. The number of hydrogen-bond acceptors (Lipinski definition) is 8. The molecule has 0 bridgehead atoms. The number of benzene rings is 1. The first-order valence-corrected chi connectivity index (χ1v) is 14.9. The van der Waals surface area contributed by atoms with Crippen molar-refractivity contribution in [3.8, 4) is 17.2 Å². The number of rotatable bonds is 5. The maximum Gasteiger partial charge on any atom is 0.410 e. The molecule has 218 valence electrons. The summed E-state index contributed by atoms with van der Waals surface area (Å²) in [5.41, 5.74) is 1.90. The molecule has 0 radical (unpaired) electrons. The van der Waals surface area contributed by atoms with Crippen molar-refractivity contribution in [2.45, 2.75) is 64.3 Å². The lowest BCUT2D eigenvalue weighted by Gasteiger charge is -2.38. The van der Waals surface area contributed by atoms with E-state index in [2.05, 4.69) is 25.8 Å². The Labute approximate surface area is 246 Å². The van der Waals surface area contributed by atoms with Crippen molar-refractivity contribution in [1.82, 2.24) is 19.4 Å². The molecule has 1 aromatic carbocycles. The summed E-state index contributed by atoms with van der Waals surface area (Å²) in [4.78, 5) is 34.6. The molecular weight excluding hydrogens is 592 g/mol. The highest BCUT2D eigenvalue weighted by Crippen LogP contribution is 2.39. The number of ether oxygens (including phenoxy) is 3. The molecule has 3 aliphatic heterocycles. The zero-order valence-corrected chi connectivity index (χ0v) is 25.1. The second kappa shape index (κ2) is 10.8. The van der Waals surface area contributed by atoms with E-state index in [1.165, 1.54) is 0 Å². The molecule has 11 heteroatoms. The fourth-order valence-corrected chi connectivity index (χ4v) is 6.67. The molecule has 0 aliphatic carbocycles. The summed E-state index contributed by atoms with van der Waals surface area (Å²) in [6.45, 7) is 10.1. The summed E-state index contributed by atoms with van der Waals surface area (Å²) in [5.74, 6) is 1.16. The van der Waals surface area contributed by atoms with Crippen LogP contribution >= 0.6 is 15.9 Å². The van der Waals surface area contributed by atoms with Crippen LogP contribution in [0.25, 0.3) is 10.9 Å². The molecule has 1 unspecified atom stereocenters. The van der Waals surface area contributed by atoms with Gasteiger partial charge in [-0.1, -0.05) is 22.0 Å². The summed E-state index contributed by atoms with van der Waals surface area (Å²) in [6.07, 6.45) is 2.59. The number of amides is 1. The number of halogens is 1. The van der Waals surface area contributed by atoms with Crippen LogP contribution in [0.2, 0.25) is 0 Å². The van der Waals surface area contributed by atoms with Crippen molar-refractivity contribution >= 4 is 32.9 Å². The van der Waals surface area contributed by atoms with Gasteiger partial charge < -0.3 is 28.8 Å². The van der Waals surface area contributed by atoms with Gasteiger partial charge in [-0.05, 0) is 51.3 Å². The highest BCUT2D eigenvalue weighted by atomic mass is 79.9. The van der Waals surface area contributed by atoms with Crippen LogP contribution in [0, 0.1) is 0 Å². The van der Waals surface area contributed by atoms with Crippen molar-refractivity contribution in [2.75, 3.05) is 32.8 Å². The molecule has 1 fully saturated rings. The van der Waals surface area contributed by atoms with Crippen molar-refractivity contribution in [3.63, 3.8) is 0 Å². The Kier molecular flexibility index (Phi) is 7.35. The smallest absolute Gasteiger partial charge is 0.410 e. The van der Waals surface area contributed by atoms with Crippen LogP contribution in [-0.2, 0) is 17.8 Å². The van der Waals surface area contributed by atoms with E-state index in [4.69, 9.17) is 14.2 Å². The van der Waals surface area contributed by atoms with Gasteiger partial charge in [0.1, 0.15) is 19.3 Å². The Morgan fingerprint density at radius 1 is 1.17 bits per heavy atom. The summed E-state index contributed by atoms with van der Waals surface area (Å²) in [5, 5.41) is 11.0. The van der Waals surface area contributed by atoms with Gasteiger partial charge in [-0.3, -0.25) is 14.7 Å². The van der Waals surface area contributed by atoms with Gasteiger partial charge in [-0.2, -0.15) is 0 Å². The fraction of sp³-hybridized carbons (Fsp3) is 0.500. The quantitative estimate of drug-likeness (QED) is 0.437. The third-order valence-electron chi connectivity index (χ3n) is 8.15. The van der Waals surface area contributed by atoms with E-state index < -0.39 is 5.54 Å². The third-order valence-corrected chi connectivity index (χ3v) is 8.84. The first-order valence-electron chi connectivity index (χ1n) is 14.1. The molecule has 1 atom stereocenters. The molecule has 10 nitrogen and oxygen atoms in total. The maximum absolute atomic E-state index is 13.4. The Balaban J connectivity index is 1.08. The van der Waals surface area contributed by atoms with E-state index in [-0.39, 0.29) is 29.4 Å². The lowest BCUT2D eigenvalue weighted by atomic mass is 9.98. The number of piperidine rings is 1. The lowest BCUT2D eigenvalue weighted by molar-refractivity contribution is 0.00820. The molecule has 3 aliphatic rings. The second-order valence-electron chi connectivity index (χ2n) is 12.0. The standard InChI is InChI=1S/C30H35BrN4O6/c1-30(2,3)35(17-20-13-24-25(14-32-20)40-11-10-39-24)29(38)41-21-6-8-33(9-7-21)15-19-16-34-27-18(12-23(36)28(34)37)4-5-22(31)26(19)27/h4-5,12-14,19,21,36H,6-11,15-17H2,1-3H3. The highest BCUT2D eigenvalue weighted by molar-refractivity contribution is 9.10. The first kappa shape index (κ1) is 27.8. The van der Waals surface area contributed by atoms with Crippen molar-refractivity contribution in [2.24, 2.45) is 0 Å². The van der Waals surface area contributed by atoms with Crippen molar-refractivity contribution < 1.29 is 24.1 Å². The van der Waals surface area contributed by atoms with E-state index >= 15 is 0 Å². The van der Waals surface area contributed by atoms with Crippen LogP contribution in [0.1, 0.15) is 50.8 Å². The van der Waals surface area contributed by atoms with E-state index in [0.717, 1.165) is 53.4 Å². The van der Waals surface area contributed by atoms with Gasteiger partial charge in [0.05, 0.1) is 24.0 Å². The molecule has 41 heavy (non-hydrogen) atoms. The number of carbonyl (C=O) groups excluding carboxylic acids is 1. The SMILES string of the molecule is CC(C)(C)N(Cc1cc2c(cn1)OCCO2)C(=O)OC1CCN(CC2Cn3c(=O)c(O)cc4ccc(Br)c2c43)CC1. The normalized spacial score (nSPS) is 19.0. The zero-order chi connectivity index (χ0) is 28.9. The monoisotopic (exact) mass is 626 g/mol. The number of hydrogen-bond donors (Lipinski definition) is 1. The first-order chi connectivity index (χ1) is 19.6. The number of aromatic hydroxyl groups is 1. The van der Waals surface area contributed by atoms with E-state index in [1.807, 2.05) is 39.0 Å². The van der Waals surface area contributed by atoms with E-state index in [0.29, 0.717) is 43.5 Å². The molecule has 3 aromatic rings. The van der Waals surface area contributed by atoms with Crippen LogP contribution < -0.4 is 15.0 Å². The average Bonchev–Trinajstić information content (AvgIpc) is 3.33. The molecular formula is C30H35BrN4O6. The van der Waals surface area contributed by atoms with Crippen molar-refractivity contribution in [3.05, 3.63) is 56.5 Å². The maximum atomic E-state index is 13.4. The fourth-order valence-electron chi connectivity index (χ4n) is 6.03. The zero-order valence-electron chi connectivity index (χ0n) is 23.6. The minimum Gasteiger partial charge on any atom is -0.503 e. The van der Waals surface area contributed by atoms with Crippen LogP contribution in [0.5, 0.6) is 17.2 Å². The number of pyridine rings is 2. The van der Waals surface area contributed by atoms with E-state index in [9.17, 15) is 14.7 Å². The predicted molar refractivity (Wildman–Crippen MR) is 157 cm³/mol. The van der Waals surface area contributed by atoms with Crippen LogP contribution in [0.3, 0.4) is 0 Å². The Morgan fingerprint density at radius 2 is 1.90 bits per heavy atom. The van der Waals surface area contributed by atoms with Gasteiger partial charge in [-0.25, -0.2) is 4.79 Å². The lowest BCUT2D eigenvalue weighted by Crippen LogP contribution is -2.48. The number of carbonyl (C=O) groups is 1. The van der Waals surface area contributed by atoms with Gasteiger partial charge in [0.25, 0.3) is 5.56 Å². The second-order valence-corrected chi connectivity index (χ2v) is 12.9. The Bertz CT molecular complexity index is 1540. The summed E-state index contributed by atoms with van der Waals surface area (Å²) >= 11 is 3.69. The average molecular weight is 628 g/mol. The molecule has 1 N–H and O–H groups in total. The van der Waals surface area contributed by atoms with Crippen molar-refractivity contribution in [1.29, 1.82) is 0 Å². The molecule has 6 rings (SSSR count). The summed E-state index contributed by atoms with van der Waals surface area (Å²) in [6, 6.07) is 7.29. The molecule has 1 saturated heterocycles. The molecule has 2 aromatic heterocycles. The predicted octanol–water partition coefficient (Wildman–Crippen LogP) is 4.63. The Morgan fingerprint density at radius 3 is 2.63 bits per heavy atom. The van der Waals surface area contributed by atoms with Gasteiger partial charge in [-0.15, -0.1) is 0 Å². The van der Waals surface area contributed by atoms with Gasteiger partial charge in [0.2, 0.25) is 0 Å². The largest absolute Gasteiger partial charge is 0.503 e. The molecule has 1 amide bonds. The summed E-state index contributed by atoms with van der Waals surface area (Å²) < 4.78 is 20.0. The van der Waals surface area contributed by atoms with E-state index in [1.54, 1.807) is 21.7 Å². The van der Waals surface area contributed by atoms with Gasteiger partial charge in [0.15, 0.2) is 17.2 Å². The topological polar surface area (TPSA) is 106 Å². The highest BCUT2D eigenvalue weighted by Gasteiger charge is 2.34. The minimum atomic E-state index is -0.467. The Hall–Kier alpha value is -3.31.